The molecule has 0 spiro atoms. The van der Waals surface area contributed by atoms with E-state index in [1.807, 2.05) is 21.1 Å². The number of nitrogens with zero attached hydrogens (tertiary/aromatic N) is 1. The lowest BCUT2D eigenvalue weighted by molar-refractivity contribution is -0.870. The number of rotatable bonds is 59. The fourth-order valence-electron chi connectivity index (χ4n) is 9.03. The van der Waals surface area contributed by atoms with Crippen LogP contribution in [0.25, 0.3) is 0 Å². The highest BCUT2D eigenvalue weighted by Crippen LogP contribution is 2.38. The van der Waals surface area contributed by atoms with Gasteiger partial charge >= 0.3 is 11.9 Å². The van der Waals surface area contributed by atoms with Gasteiger partial charge in [-0.3, -0.25) is 14.2 Å². The van der Waals surface area contributed by atoms with E-state index in [9.17, 15) is 19.0 Å². The minimum Gasteiger partial charge on any atom is -0.756 e. The summed E-state index contributed by atoms with van der Waals surface area (Å²) in [6, 6.07) is 0. The molecule has 0 rings (SSSR count). The Morgan fingerprint density at radius 3 is 1.12 bits per heavy atom. The summed E-state index contributed by atoms with van der Waals surface area (Å²) in [6.07, 6.45) is 76.9. The molecular weight excluding hydrogens is 978 g/mol. The van der Waals surface area contributed by atoms with E-state index in [0.29, 0.717) is 17.4 Å². The fraction of sp³-hybridized carbons (Fsp3) is 0.791. The number of unbranched alkanes of at least 4 members (excludes halogenated alkanes) is 33. The first-order valence-corrected chi connectivity index (χ1v) is 33.6. The molecule has 0 aliphatic carbocycles. The van der Waals surface area contributed by atoms with E-state index in [-0.39, 0.29) is 32.0 Å². The number of carbonyl (C=O) groups is 2. The van der Waals surface area contributed by atoms with Crippen LogP contribution in [-0.2, 0) is 32.7 Å². The molecule has 0 aromatic heterocycles. The summed E-state index contributed by atoms with van der Waals surface area (Å²) in [7, 11) is 1.17. The number of ether oxygens (including phenoxy) is 2. The van der Waals surface area contributed by atoms with Gasteiger partial charge in [-0.05, 0) is 83.5 Å². The Hall–Kier alpha value is -2.55. The molecule has 0 saturated carbocycles. The van der Waals surface area contributed by atoms with Gasteiger partial charge < -0.3 is 27.9 Å². The van der Waals surface area contributed by atoms with Crippen LogP contribution < -0.4 is 4.89 Å². The first-order chi connectivity index (χ1) is 37.5. The molecule has 0 aliphatic heterocycles. The molecule has 0 aliphatic rings. The van der Waals surface area contributed by atoms with Gasteiger partial charge in [0, 0.05) is 12.8 Å². The highest BCUT2D eigenvalue weighted by atomic mass is 31.2. The summed E-state index contributed by atoms with van der Waals surface area (Å²) < 4.78 is 34.2. The predicted octanol–water partition coefficient (Wildman–Crippen LogP) is 19.8. The van der Waals surface area contributed by atoms with Crippen LogP contribution in [0.2, 0.25) is 0 Å². The SMILES string of the molecule is CC/C=C\C/C=C\C/C=C\C/C=C\C/C=C\CCCCCCCCCCCCCCCCCCCCCCCC(=O)OC(COC(=O)CCCCCCC/C=C\CCCCCCCCC)COP(=O)([O-])OCC[N+](C)(C)C. The number of esters is 2. The van der Waals surface area contributed by atoms with Gasteiger partial charge in [-0.1, -0.05) is 267 Å². The minimum absolute atomic E-state index is 0.0318. The second-order valence-electron chi connectivity index (χ2n) is 22.7. The first-order valence-electron chi connectivity index (χ1n) is 32.1. The van der Waals surface area contributed by atoms with E-state index >= 15 is 0 Å². The smallest absolute Gasteiger partial charge is 0.306 e. The van der Waals surface area contributed by atoms with E-state index in [1.54, 1.807) is 0 Å². The summed E-state index contributed by atoms with van der Waals surface area (Å²) in [6.45, 7) is 4.14. The maximum absolute atomic E-state index is 12.8. The summed E-state index contributed by atoms with van der Waals surface area (Å²) >= 11 is 0. The van der Waals surface area contributed by atoms with Gasteiger partial charge in [-0.25, -0.2) is 0 Å². The Kier molecular flexibility index (Phi) is 56.2. The van der Waals surface area contributed by atoms with Gasteiger partial charge in [0.1, 0.15) is 19.8 Å². The number of phosphoric ester groups is 1. The van der Waals surface area contributed by atoms with Crippen molar-refractivity contribution < 1.29 is 42.1 Å². The quantitative estimate of drug-likeness (QED) is 0.0195. The molecule has 448 valence electrons. The predicted molar refractivity (Wildman–Crippen MR) is 328 cm³/mol. The highest BCUT2D eigenvalue weighted by Gasteiger charge is 2.22. The molecule has 2 atom stereocenters. The second-order valence-corrected chi connectivity index (χ2v) is 24.2. The van der Waals surface area contributed by atoms with Gasteiger partial charge in [-0.15, -0.1) is 0 Å². The lowest BCUT2D eigenvalue weighted by atomic mass is 10.0. The summed E-state index contributed by atoms with van der Waals surface area (Å²) in [5, 5.41) is 0. The number of hydrogen-bond acceptors (Lipinski definition) is 8. The molecule has 0 heterocycles. The average Bonchev–Trinajstić information content (AvgIpc) is 3.39. The van der Waals surface area contributed by atoms with E-state index in [1.165, 1.54) is 167 Å². The molecule has 0 bridgehead atoms. The molecular formula is C67H122NO8P. The fourth-order valence-corrected chi connectivity index (χ4v) is 9.76. The number of allylic oxidation sites excluding steroid dienone is 12. The monoisotopic (exact) mass is 1100 g/mol. The Balaban J connectivity index is 3.97. The van der Waals surface area contributed by atoms with Crippen LogP contribution in [-0.4, -0.2) is 70.0 Å². The Bertz CT molecular complexity index is 1530. The second kappa shape index (κ2) is 58.1. The number of quaternary nitrogens is 1. The maximum atomic E-state index is 12.8. The van der Waals surface area contributed by atoms with Gasteiger partial charge in [0.15, 0.2) is 6.10 Å². The van der Waals surface area contributed by atoms with Gasteiger partial charge in [0.25, 0.3) is 7.82 Å². The van der Waals surface area contributed by atoms with Crippen LogP contribution >= 0.6 is 7.82 Å². The van der Waals surface area contributed by atoms with Crippen molar-refractivity contribution >= 4 is 19.8 Å². The largest absolute Gasteiger partial charge is 0.756 e. The normalized spacial score (nSPS) is 13.7. The molecule has 0 aromatic carbocycles. The van der Waals surface area contributed by atoms with Crippen molar-refractivity contribution in [3.63, 3.8) is 0 Å². The molecule has 9 nitrogen and oxygen atoms in total. The molecule has 0 saturated heterocycles. The van der Waals surface area contributed by atoms with Crippen LogP contribution in [0.1, 0.15) is 290 Å². The minimum atomic E-state index is -4.64. The third kappa shape index (κ3) is 62.5. The molecule has 10 heteroatoms. The molecule has 0 N–H and O–H groups in total. The third-order valence-electron chi connectivity index (χ3n) is 14.0. The van der Waals surface area contributed by atoms with E-state index in [0.717, 1.165) is 89.9 Å². The zero-order valence-corrected chi connectivity index (χ0v) is 51.8. The van der Waals surface area contributed by atoms with Crippen molar-refractivity contribution in [2.24, 2.45) is 0 Å². The zero-order chi connectivity index (χ0) is 56.3. The topological polar surface area (TPSA) is 111 Å². The van der Waals surface area contributed by atoms with Crippen LogP contribution in [0.4, 0.5) is 0 Å². The van der Waals surface area contributed by atoms with Crippen LogP contribution in [0.15, 0.2) is 72.9 Å². The van der Waals surface area contributed by atoms with Crippen LogP contribution in [0, 0.1) is 0 Å². The van der Waals surface area contributed by atoms with Gasteiger partial charge in [0.05, 0.1) is 27.7 Å². The van der Waals surface area contributed by atoms with Crippen LogP contribution in [0.5, 0.6) is 0 Å². The number of carbonyl (C=O) groups excluding carboxylic acids is 2. The molecule has 0 aromatic rings. The molecule has 77 heavy (non-hydrogen) atoms. The lowest BCUT2D eigenvalue weighted by Gasteiger charge is -2.28. The van der Waals surface area contributed by atoms with Crippen molar-refractivity contribution in [3.05, 3.63) is 72.9 Å². The molecule has 0 radical (unpaired) electrons. The van der Waals surface area contributed by atoms with Crippen molar-refractivity contribution in [1.29, 1.82) is 0 Å². The van der Waals surface area contributed by atoms with E-state index < -0.39 is 26.5 Å². The molecule has 0 amide bonds. The lowest BCUT2D eigenvalue weighted by Crippen LogP contribution is -2.37. The average molecular weight is 1100 g/mol. The number of likely N-dealkylation sites (N-methyl/N-ethyl adjacent to an activating group) is 1. The standard InChI is InChI=1S/C67H122NO8P/c1-6-8-10-12-14-16-18-20-22-24-25-26-27-28-29-30-31-32-33-34-35-36-37-38-39-40-41-42-43-44-46-48-50-52-54-56-58-60-67(70)76-65(64-75-77(71,72)74-62-61-68(3,4)5)63-73-66(69)59-57-55-53-51-49-47-45-23-21-19-17-15-13-11-9-7-2/h8,10,14,16,20,22-23,25-26,28-29,45,65H,6-7,9,11-13,15,17-19,21,24,27,30-44,46-64H2,1-5H3/b10-8-,16-14-,22-20-,26-25-,29-28-,45-23-. The van der Waals surface area contributed by atoms with E-state index in [4.69, 9.17) is 18.5 Å². The summed E-state index contributed by atoms with van der Waals surface area (Å²) in [5.74, 6) is -0.832. The third-order valence-corrected chi connectivity index (χ3v) is 14.9. The summed E-state index contributed by atoms with van der Waals surface area (Å²) in [5.41, 5.74) is 0. The van der Waals surface area contributed by atoms with Gasteiger partial charge in [-0.2, -0.15) is 0 Å². The van der Waals surface area contributed by atoms with Crippen LogP contribution in [0.3, 0.4) is 0 Å². The number of phosphoric acid groups is 1. The molecule has 0 fully saturated rings. The highest BCUT2D eigenvalue weighted by molar-refractivity contribution is 7.45. The number of hydrogen-bond donors (Lipinski definition) is 0. The molecule has 2 unspecified atom stereocenters. The Morgan fingerprint density at radius 1 is 0.416 bits per heavy atom. The van der Waals surface area contributed by atoms with Gasteiger partial charge in [0.2, 0.25) is 0 Å². The maximum Gasteiger partial charge on any atom is 0.306 e. The van der Waals surface area contributed by atoms with Crippen molar-refractivity contribution in [1.82, 2.24) is 0 Å². The summed E-state index contributed by atoms with van der Waals surface area (Å²) in [4.78, 5) is 37.9. The van der Waals surface area contributed by atoms with Crippen molar-refractivity contribution in [2.75, 3.05) is 47.5 Å². The Labute approximate surface area is 476 Å². The Morgan fingerprint density at radius 2 is 0.740 bits per heavy atom. The zero-order valence-electron chi connectivity index (χ0n) is 50.9. The van der Waals surface area contributed by atoms with Crippen molar-refractivity contribution in [3.8, 4) is 0 Å². The van der Waals surface area contributed by atoms with E-state index in [2.05, 4.69) is 86.8 Å². The first kappa shape index (κ1) is 74.5. The van der Waals surface area contributed by atoms with Crippen molar-refractivity contribution in [2.45, 2.75) is 296 Å².